The van der Waals surface area contributed by atoms with E-state index in [-0.39, 0.29) is 23.8 Å². The van der Waals surface area contributed by atoms with E-state index in [1.54, 1.807) is 5.18 Å². The average Bonchev–Trinajstić information content (AvgIpc) is 3.27. The SMILES string of the molecule is C=C1CCCC2C=C2C1C(=O)C1CC#CC(S(C)(=O)=O)C=C1[NH+]=O. The minimum atomic E-state index is -3.45. The van der Waals surface area contributed by atoms with E-state index in [2.05, 4.69) is 24.5 Å². The van der Waals surface area contributed by atoms with Crippen LogP contribution in [0.3, 0.4) is 0 Å². The lowest BCUT2D eigenvalue weighted by Gasteiger charge is -2.18. The number of nitrogens with one attached hydrogen (secondary N) is 1. The molecule has 3 aliphatic rings. The zero-order valence-corrected chi connectivity index (χ0v) is 14.4. The molecule has 3 rings (SSSR count). The third-order valence-corrected chi connectivity index (χ3v) is 6.11. The van der Waals surface area contributed by atoms with Crippen molar-refractivity contribution in [3.8, 4) is 11.8 Å². The third kappa shape index (κ3) is 3.13. The molecule has 6 heteroatoms. The zero-order chi connectivity index (χ0) is 17.5. The van der Waals surface area contributed by atoms with E-state index in [4.69, 9.17) is 0 Å². The molecule has 0 aliphatic heterocycles. The Kier molecular flexibility index (Phi) is 4.31. The van der Waals surface area contributed by atoms with Crippen molar-refractivity contribution in [2.45, 2.75) is 30.9 Å². The second kappa shape index (κ2) is 6.14. The number of nitroso groups, excluding NO2 is 1. The predicted octanol–water partition coefficient (Wildman–Crippen LogP) is 0.635. The highest BCUT2D eigenvalue weighted by molar-refractivity contribution is 7.91. The standard InChI is InChI=1S/C18H19NO4S/c1-11-5-3-6-12-9-15(12)17(11)18(20)14-8-4-7-13(24(2,22)23)10-16(14)19-21/h9-10,12-14,17H,1,3,5-6,8H2,2H3/p+1. The molecule has 126 valence electrons. The highest BCUT2D eigenvalue weighted by Crippen LogP contribution is 2.47. The van der Waals surface area contributed by atoms with Gasteiger partial charge in [0, 0.05) is 28.8 Å². The zero-order valence-electron chi connectivity index (χ0n) is 13.5. The van der Waals surface area contributed by atoms with Gasteiger partial charge in [-0.2, -0.15) is 0 Å². The molecule has 4 unspecified atom stereocenters. The summed E-state index contributed by atoms with van der Waals surface area (Å²) in [7, 11) is -3.45. The predicted molar refractivity (Wildman–Crippen MR) is 90.0 cm³/mol. The first-order chi connectivity index (χ1) is 11.3. The average molecular weight is 346 g/mol. The van der Waals surface area contributed by atoms with Crippen LogP contribution in [0.25, 0.3) is 0 Å². The Labute approximate surface area is 141 Å². The molecule has 0 saturated heterocycles. The molecule has 0 aromatic carbocycles. The summed E-state index contributed by atoms with van der Waals surface area (Å²) < 4.78 is 23.5. The van der Waals surface area contributed by atoms with Gasteiger partial charge < -0.3 is 0 Å². The maximum atomic E-state index is 13.1. The van der Waals surface area contributed by atoms with Crippen LogP contribution in [0.1, 0.15) is 25.7 Å². The van der Waals surface area contributed by atoms with Crippen molar-refractivity contribution in [1.82, 2.24) is 0 Å². The number of hydrogen-bond acceptors (Lipinski definition) is 4. The summed E-state index contributed by atoms with van der Waals surface area (Å²) in [6.07, 6.45) is 7.45. The van der Waals surface area contributed by atoms with Gasteiger partial charge in [0.1, 0.15) is 11.2 Å². The van der Waals surface area contributed by atoms with Crippen LogP contribution in [0.2, 0.25) is 0 Å². The molecule has 0 heterocycles. The number of carbonyl (C=O) groups excluding carboxylic acids is 1. The summed E-state index contributed by atoms with van der Waals surface area (Å²) >= 11 is 0. The smallest absolute Gasteiger partial charge is 0.239 e. The molecule has 4 atom stereocenters. The van der Waals surface area contributed by atoms with Crippen LogP contribution >= 0.6 is 0 Å². The second-order valence-corrected chi connectivity index (χ2v) is 8.88. The third-order valence-electron chi connectivity index (χ3n) is 4.93. The quantitative estimate of drug-likeness (QED) is 0.598. The number of ketones is 1. The van der Waals surface area contributed by atoms with Crippen molar-refractivity contribution in [2.75, 3.05) is 6.26 Å². The van der Waals surface area contributed by atoms with E-state index in [0.29, 0.717) is 5.92 Å². The van der Waals surface area contributed by atoms with Gasteiger partial charge in [0.25, 0.3) is 0 Å². The Bertz CT molecular complexity index is 836. The topological polar surface area (TPSA) is 82.2 Å². The van der Waals surface area contributed by atoms with Crippen LogP contribution in [0.4, 0.5) is 0 Å². The summed E-state index contributed by atoms with van der Waals surface area (Å²) in [5.41, 5.74) is 2.07. The molecule has 0 spiro atoms. The minimum Gasteiger partial charge on any atom is -0.298 e. The fraction of sp³-hybridized carbons (Fsp3) is 0.500. The lowest BCUT2D eigenvalue weighted by atomic mass is 9.82. The molecule has 1 saturated carbocycles. The van der Waals surface area contributed by atoms with Gasteiger partial charge in [-0.15, -0.1) is 5.92 Å². The molecular weight excluding hydrogens is 326 g/mol. The summed E-state index contributed by atoms with van der Waals surface area (Å²) in [6, 6.07) is 0. The summed E-state index contributed by atoms with van der Waals surface area (Å²) in [6.45, 7) is 4.07. The van der Waals surface area contributed by atoms with Crippen molar-refractivity contribution in [3.63, 3.8) is 0 Å². The Morgan fingerprint density at radius 1 is 1.38 bits per heavy atom. The molecule has 0 aromatic heterocycles. The molecule has 0 aromatic rings. The van der Waals surface area contributed by atoms with Crippen molar-refractivity contribution in [1.29, 1.82) is 0 Å². The van der Waals surface area contributed by atoms with Crippen molar-refractivity contribution < 1.29 is 18.4 Å². The van der Waals surface area contributed by atoms with Gasteiger partial charge >= 0.3 is 0 Å². The van der Waals surface area contributed by atoms with E-state index in [0.717, 1.165) is 36.7 Å². The fourth-order valence-electron chi connectivity index (χ4n) is 3.52. The van der Waals surface area contributed by atoms with E-state index >= 15 is 0 Å². The number of allylic oxidation sites excluding steroid dienone is 4. The lowest BCUT2D eigenvalue weighted by molar-refractivity contribution is -0.429. The highest BCUT2D eigenvalue weighted by atomic mass is 32.2. The van der Waals surface area contributed by atoms with Crippen LogP contribution in [0, 0.1) is 34.5 Å². The van der Waals surface area contributed by atoms with E-state index < -0.39 is 21.0 Å². The first-order valence-electron chi connectivity index (χ1n) is 8.03. The molecule has 5 nitrogen and oxygen atoms in total. The minimum absolute atomic E-state index is 0.0859. The molecular formula is C18H20NO4S+. The van der Waals surface area contributed by atoms with Crippen LogP contribution in [0.15, 0.2) is 35.6 Å². The van der Waals surface area contributed by atoms with Crippen LogP contribution in [-0.4, -0.2) is 25.7 Å². The first kappa shape index (κ1) is 16.8. The number of fused-ring (bicyclic) bond motifs is 1. The maximum Gasteiger partial charge on any atom is 0.239 e. The second-order valence-electron chi connectivity index (χ2n) is 6.71. The van der Waals surface area contributed by atoms with Crippen molar-refractivity contribution in [3.05, 3.63) is 40.5 Å². The Morgan fingerprint density at radius 3 is 2.79 bits per heavy atom. The van der Waals surface area contributed by atoms with E-state index in [1.165, 1.54) is 6.08 Å². The molecule has 1 fully saturated rings. The van der Waals surface area contributed by atoms with Crippen LogP contribution in [0.5, 0.6) is 0 Å². The Hall–Kier alpha value is -2.00. The lowest BCUT2D eigenvalue weighted by Crippen LogP contribution is -2.65. The summed E-state index contributed by atoms with van der Waals surface area (Å²) in [5.74, 6) is 4.58. The molecule has 24 heavy (non-hydrogen) atoms. The molecule has 0 radical (unpaired) electrons. The number of sulfone groups is 1. The van der Waals surface area contributed by atoms with Gasteiger partial charge in [0.15, 0.2) is 15.6 Å². The van der Waals surface area contributed by atoms with Gasteiger partial charge in [-0.3, -0.25) is 4.79 Å². The molecule has 0 amide bonds. The first-order valence-corrected chi connectivity index (χ1v) is 9.98. The van der Waals surface area contributed by atoms with Gasteiger partial charge in [-0.1, -0.05) is 29.7 Å². The maximum absolute atomic E-state index is 13.1. The number of hydrogen-bond donors (Lipinski definition) is 1. The van der Waals surface area contributed by atoms with Crippen molar-refractivity contribution in [2.24, 2.45) is 17.8 Å². The van der Waals surface area contributed by atoms with Gasteiger partial charge in [-0.05, 0) is 25.2 Å². The van der Waals surface area contributed by atoms with E-state index in [9.17, 15) is 18.1 Å². The number of carbonyl (C=O) groups is 1. The Balaban J connectivity index is 1.92. The molecule has 3 aliphatic carbocycles. The number of Topliss-reactive ketones (excluding diaryl/α,β-unsaturated/α-hetero) is 1. The van der Waals surface area contributed by atoms with Gasteiger partial charge in [0.2, 0.25) is 5.70 Å². The summed E-state index contributed by atoms with van der Waals surface area (Å²) in [4.78, 5) is 24.5. The summed E-state index contributed by atoms with van der Waals surface area (Å²) in [5, 5.41) is 0.713. The monoisotopic (exact) mass is 346 g/mol. The van der Waals surface area contributed by atoms with Gasteiger partial charge in [0.05, 0.1) is 5.92 Å². The van der Waals surface area contributed by atoms with Crippen LogP contribution in [-0.2, 0) is 14.6 Å². The highest BCUT2D eigenvalue weighted by Gasteiger charge is 2.44. The fourth-order valence-corrected chi connectivity index (χ4v) is 4.21. The Morgan fingerprint density at radius 2 is 2.12 bits per heavy atom. The van der Waals surface area contributed by atoms with Crippen molar-refractivity contribution >= 4 is 15.6 Å². The normalized spacial score (nSPS) is 32.1. The largest absolute Gasteiger partial charge is 0.298 e. The van der Waals surface area contributed by atoms with E-state index in [1.807, 2.05) is 0 Å². The molecule has 0 bridgehead atoms. The van der Waals surface area contributed by atoms with Gasteiger partial charge in [-0.25, -0.2) is 8.42 Å². The number of rotatable bonds is 4. The van der Waals surface area contributed by atoms with Crippen LogP contribution < -0.4 is 5.18 Å². The molecule has 1 N–H and O–H groups in total.